The molecule has 1 aromatic rings. The summed E-state index contributed by atoms with van der Waals surface area (Å²) >= 11 is 1.17. The third-order valence-electron chi connectivity index (χ3n) is 3.05. The Kier molecular flexibility index (Phi) is 4.81. The fourth-order valence-corrected chi connectivity index (χ4v) is 3.22. The van der Waals surface area contributed by atoms with Gasteiger partial charge in [-0.1, -0.05) is 23.9 Å². The topological polar surface area (TPSA) is 108 Å². The lowest BCUT2D eigenvalue weighted by Gasteiger charge is -2.23. The molecule has 0 saturated heterocycles. The van der Waals surface area contributed by atoms with E-state index in [1.54, 1.807) is 26.0 Å². The SMILES string of the molecule is CCOC(=O)C1=C(C)N=C(N)S[C@@H]1c1cccc([N+](=O)[O-])c1. The van der Waals surface area contributed by atoms with Crippen LogP contribution in [0.4, 0.5) is 5.69 Å². The molecule has 2 rings (SSSR count). The average Bonchev–Trinajstić information content (AvgIpc) is 2.46. The molecule has 2 N–H and O–H groups in total. The standard InChI is InChI=1S/C14H15N3O4S/c1-3-21-13(18)11-8(2)16-14(15)22-12(11)9-5-4-6-10(7-9)17(19)20/h4-7,12H,3H2,1-2H3,(H2,15,16)/t12-/m1/s1. The molecule has 0 unspecified atom stereocenters. The third-order valence-corrected chi connectivity index (χ3v) is 4.12. The van der Waals surface area contributed by atoms with Crippen LogP contribution >= 0.6 is 11.8 Å². The molecule has 1 aliphatic rings. The van der Waals surface area contributed by atoms with Gasteiger partial charge in [0.25, 0.3) is 5.69 Å². The summed E-state index contributed by atoms with van der Waals surface area (Å²) in [6, 6.07) is 6.13. The van der Waals surface area contributed by atoms with Crippen molar-refractivity contribution < 1.29 is 14.5 Å². The Morgan fingerprint density at radius 2 is 2.27 bits per heavy atom. The maximum atomic E-state index is 12.2. The van der Waals surface area contributed by atoms with Crippen LogP contribution in [0.1, 0.15) is 24.7 Å². The second-order valence-corrected chi connectivity index (χ2v) is 5.64. The number of carbonyl (C=O) groups is 1. The van der Waals surface area contributed by atoms with Crippen LogP contribution in [-0.2, 0) is 9.53 Å². The monoisotopic (exact) mass is 321 g/mol. The molecular weight excluding hydrogens is 306 g/mol. The number of nitrogens with two attached hydrogens (primary N) is 1. The zero-order valence-electron chi connectivity index (χ0n) is 12.1. The maximum absolute atomic E-state index is 12.2. The van der Waals surface area contributed by atoms with Gasteiger partial charge in [-0.25, -0.2) is 9.79 Å². The number of allylic oxidation sites excluding steroid dienone is 1. The van der Waals surface area contributed by atoms with E-state index in [4.69, 9.17) is 10.5 Å². The molecule has 1 aromatic carbocycles. The third kappa shape index (κ3) is 3.28. The van der Waals surface area contributed by atoms with Crippen LogP contribution < -0.4 is 5.73 Å². The number of nitro groups is 1. The van der Waals surface area contributed by atoms with Crippen molar-refractivity contribution in [2.24, 2.45) is 10.7 Å². The van der Waals surface area contributed by atoms with Gasteiger partial charge in [0.1, 0.15) is 0 Å². The van der Waals surface area contributed by atoms with Gasteiger partial charge in [0.05, 0.1) is 28.1 Å². The second kappa shape index (κ2) is 6.61. The van der Waals surface area contributed by atoms with Crippen LogP contribution in [0.2, 0.25) is 0 Å². The Balaban J connectivity index is 2.48. The van der Waals surface area contributed by atoms with E-state index < -0.39 is 16.1 Å². The highest BCUT2D eigenvalue weighted by molar-refractivity contribution is 8.14. The Hall–Kier alpha value is -2.35. The molecule has 0 saturated carbocycles. The van der Waals surface area contributed by atoms with E-state index in [1.165, 1.54) is 23.9 Å². The van der Waals surface area contributed by atoms with E-state index in [9.17, 15) is 14.9 Å². The summed E-state index contributed by atoms with van der Waals surface area (Å²) in [5.74, 6) is -0.486. The molecule has 0 bridgehead atoms. The number of thioether (sulfide) groups is 1. The minimum atomic E-state index is -0.486. The highest BCUT2D eigenvalue weighted by atomic mass is 32.2. The lowest BCUT2D eigenvalue weighted by Crippen LogP contribution is -2.22. The molecule has 0 amide bonds. The van der Waals surface area contributed by atoms with Gasteiger partial charge < -0.3 is 10.5 Å². The number of amidine groups is 1. The van der Waals surface area contributed by atoms with Crippen molar-refractivity contribution in [3.63, 3.8) is 0 Å². The first-order chi connectivity index (χ1) is 10.4. The fourth-order valence-electron chi connectivity index (χ4n) is 2.12. The normalized spacial score (nSPS) is 17.9. The van der Waals surface area contributed by atoms with Gasteiger partial charge in [-0.15, -0.1) is 0 Å². The van der Waals surface area contributed by atoms with Crippen molar-refractivity contribution in [2.45, 2.75) is 19.1 Å². The Morgan fingerprint density at radius 3 is 2.91 bits per heavy atom. The van der Waals surface area contributed by atoms with Crippen LogP contribution in [0, 0.1) is 10.1 Å². The molecule has 7 nitrogen and oxygen atoms in total. The Morgan fingerprint density at radius 1 is 1.55 bits per heavy atom. The summed E-state index contributed by atoms with van der Waals surface area (Å²) in [7, 11) is 0. The molecule has 1 atom stereocenters. The molecule has 0 aliphatic carbocycles. The van der Waals surface area contributed by atoms with Crippen LogP contribution in [0.25, 0.3) is 0 Å². The van der Waals surface area contributed by atoms with Crippen molar-refractivity contribution in [3.8, 4) is 0 Å². The molecule has 22 heavy (non-hydrogen) atoms. The average molecular weight is 321 g/mol. The smallest absolute Gasteiger partial charge is 0.337 e. The molecule has 8 heteroatoms. The zero-order valence-corrected chi connectivity index (χ0v) is 12.9. The molecule has 0 aromatic heterocycles. The Labute approximate surface area is 131 Å². The van der Waals surface area contributed by atoms with Gasteiger partial charge in [-0.2, -0.15) is 0 Å². The minimum absolute atomic E-state index is 0.0416. The predicted molar refractivity (Wildman–Crippen MR) is 84.4 cm³/mol. The summed E-state index contributed by atoms with van der Waals surface area (Å²) in [5, 5.41) is 10.8. The predicted octanol–water partition coefficient (Wildman–Crippen LogP) is 2.53. The van der Waals surface area contributed by atoms with Crippen molar-refractivity contribution >= 4 is 28.6 Å². The van der Waals surface area contributed by atoms with Crippen LogP contribution in [0.5, 0.6) is 0 Å². The quantitative estimate of drug-likeness (QED) is 0.518. The number of hydrogen-bond donors (Lipinski definition) is 1. The van der Waals surface area contributed by atoms with E-state index in [0.717, 1.165) is 0 Å². The number of carbonyl (C=O) groups excluding carboxylic acids is 1. The molecule has 0 spiro atoms. The Bertz CT molecular complexity index is 684. The van der Waals surface area contributed by atoms with Crippen molar-refractivity contribution in [2.75, 3.05) is 6.61 Å². The van der Waals surface area contributed by atoms with E-state index in [2.05, 4.69) is 4.99 Å². The van der Waals surface area contributed by atoms with Gasteiger partial charge in [0.2, 0.25) is 0 Å². The number of rotatable bonds is 4. The number of nitrogens with zero attached hydrogens (tertiary/aromatic N) is 2. The first-order valence-corrected chi connectivity index (χ1v) is 7.45. The summed E-state index contributed by atoms with van der Waals surface area (Å²) < 4.78 is 5.06. The minimum Gasteiger partial charge on any atom is -0.463 e. The van der Waals surface area contributed by atoms with Crippen LogP contribution in [-0.4, -0.2) is 22.7 Å². The molecule has 1 aliphatic heterocycles. The second-order valence-electron chi connectivity index (χ2n) is 4.52. The molecule has 0 radical (unpaired) electrons. The number of aliphatic imine (C=N–C) groups is 1. The van der Waals surface area contributed by atoms with Gasteiger partial charge >= 0.3 is 5.97 Å². The van der Waals surface area contributed by atoms with Crippen molar-refractivity contribution in [3.05, 3.63) is 51.2 Å². The fraction of sp³-hybridized carbons (Fsp3) is 0.286. The lowest BCUT2D eigenvalue weighted by molar-refractivity contribution is -0.384. The first-order valence-electron chi connectivity index (χ1n) is 6.57. The maximum Gasteiger partial charge on any atom is 0.337 e. The molecular formula is C14H15N3O4S. The summed E-state index contributed by atoms with van der Waals surface area (Å²) in [5.41, 5.74) is 7.18. The number of benzene rings is 1. The lowest BCUT2D eigenvalue weighted by atomic mass is 10.0. The number of ether oxygens (including phenoxy) is 1. The van der Waals surface area contributed by atoms with E-state index >= 15 is 0 Å². The summed E-state index contributed by atoms with van der Waals surface area (Å²) in [6.45, 7) is 3.62. The largest absolute Gasteiger partial charge is 0.463 e. The molecule has 1 heterocycles. The number of nitro benzene ring substituents is 1. The first kappa shape index (κ1) is 16.0. The van der Waals surface area contributed by atoms with Gasteiger partial charge in [-0.3, -0.25) is 10.1 Å². The van der Waals surface area contributed by atoms with Gasteiger partial charge in [0.15, 0.2) is 5.17 Å². The number of esters is 1. The van der Waals surface area contributed by atoms with Crippen LogP contribution in [0.15, 0.2) is 40.5 Å². The summed E-state index contributed by atoms with van der Waals surface area (Å²) in [6.07, 6.45) is 0. The van der Waals surface area contributed by atoms with E-state index in [-0.39, 0.29) is 12.3 Å². The van der Waals surface area contributed by atoms with Gasteiger partial charge in [0, 0.05) is 12.1 Å². The number of non-ortho nitro benzene ring substituents is 1. The van der Waals surface area contributed by atoms with E-state index in [1.807, 2.05) is 0 Å². The van der Waals surface area contributed by atoms with Crippen molar-refractivity contribution in [1.82, 2.24) is 0 Å². The highest BCUT2D eigenvalue weighted by Crippen LogP contribution is 2.42. The zero-order chi connectivity index (χ0) is 16.3. The molecule has 116 valence electrons. The van der Waals surface area contributed by atoms with Crippen LogP contribution in [0.3, 0.4) is 0 Å². The number of hydrogen-bond acceptors (Lipinski definition) is 7. The highest BCUT2D eigenvalue weighted by Gasteiger charge is 2.31. The summed E-state index contributed by atoms with van der Waals surface area (Å²) in [4.78, 5) is 26.7. The van der Waals surface area contributed by atoms with Gasteiger partial charge in [-0.05, 0) is 19.4 Å². The van der Waals surface area contributed by atoms with E-state index in [0.29, 0.717) is 22.0 Å². The molecule has 0 fully saturated rings. The van der Waals surface area contributed by atoms with Crippen molar-refractivity contribution in [1.29, 1.82) is 0 Å².